The molecule has 0 saturated carbocycles. The number of piperidine rings is 1. The fourth-order valence-corrected chi connectivity index (χ4v) is 3.79. The van der Waals surface area contributed by atoms with Crippen LogP contribution in [0.25, 0.3) is 10.2 Å². The zero-order chi connectivity index (χ0) is 13.2. The number of likely N-dealkylation sites (tertiary alicyclic amines) is 1. The zero-order valence-electron chi connectivity index (χ0n) is 11.6. The van der Waals surface area contributed by atoms with E-state index in [9.17, 15) is 0 Å². The molecule has 0 aliphatic carbocycles. The van der Waals surface area contributed by atoms with E-state index < -0.39 is 0 Å². The highest BCUT2D eigenvalue weighted by molar-refractivity contribution is 7.18. The van der Waals surface area contributed by atoms with Crippen molar-refractivity contribution in [2.45, 2.75) is 25.9 Å². The second-order valence-corrected chi connectivity index (χ2v) is 6.71. The largest absolute Gasteiger partial charge is 0.307 e. The Hall–Kier alpha value is -0.970. The Morgan fingerprint density at radius 2 is 2.26 bits per heavy atom. The number of nitrogens with one attached hydrogen (secondary N) is 1. The predicted octanol–water partition coefficient (Wildman–Crippen LogP) is 2.73. The lowest BCUT2D eigenvalue weighted by atomic mass is 9.94. The van der Waals surface area contributed by atoms with Gasteiger partial charge in [-0.05, 0) is 38.1 Å². The van der Waals surface area contributed by atoms with Crippen LogP contribution in [0.4, 0.5) is 0 Å². The molecule has 2 aromatic rings. The van der Waals surface area contributed by atoms with Crippen molar-refractivity contribution in [2.75, 3.05) is 20.1 Å². The molecule has 0 bridgehead atoms. The Morgan fingerprint density at radius 1 is 1.42 bits per heavy atom. The van der Waals surface area contributed by atoms with Gasteiger partial charge in [0.2, 0.25) is 0 Å². The van der Waals surface area contributed by atoms with Crippen molar-refractivity contribution in [2.24, 2.45) is 5.92 Å². The van der Waals surface area contributed by atoms with Crippen molar-refractivity contribution in [1.29, 1.82) is 0 Å². The monoisotopic (exact) mass is 275 g/mol. The van der Waals surface area contributed by atoms with Crippen LogP contribution in [-0.2, 0) is 6.54 Å². The van der Waals surface area contributed by atoms with Crippen LogP contribution in [0.5, 0.6) is 0 Å². The number of hydrogen-bond acceptors (Lipinski definition) is 4. The van der Waals surface area contributed by atoms with Gasteiger partial charge in [-0.3, -0.25) is 0 Å². The molecule has 3 rings (SSSR count). The maximum Gasteiger partial charge on any atom is 0.108 e. The lowest BCUT2D eigenvalue weighted by Crippen LogP contribution is -2.46. The van der Waals surface area contributed by atoms with E-state index in [1.54, 1.807) is 11.3 Å². The summed E-state index contributed by atoms with van der Waals surface area (Å²) in [5, 5.41) is 4.89. The van der Waals surface area contributed by atoms with Gasteiger partial charge < -0.3 is 10.2 Å². The third kappa shape index (κ3) is 2.96. The van der Waals surface area contributed by atoms with Crippen molar-refractivity contribution in [3.8, 4) is 0 Å². The molecule has 2 heterocycles. The molecule has 3 nitrogen and oxygen atoms in total. The molecule has 4 heteroatoms. The van der Waals surface area contributed by atoms with Crippen LogP contribution in [0.2, 0.25) is 0 Å². The van der Waals surface area contributed by atoms with Gasteiger partial charge in [-0.1, -0.05) is 19.1 Å². The SMILES string of the molecule is CC1CN(C)CCC1NCc1nc2ccccc2s1. The Bertz CT molecular complexity index is 518. The highest BCUT2D eigenvalue weighted by Gasteiger charge is 2.23. The summed E-state index contributed by atoms with van der Waals surface area (Å²) in [7, 11) is 2.21. The molecule has 1 saturated heterocycles. The van der Waals surface area contributed by atoms with Gasteiger partial charge in [-0.15, -0.1) is 11.3 Å². The molecule has 1 aliphatic heterocycles. The van der Waals surface area contributed by atoms with Crippen LogP contribution < -0.4 is 5.32 Å². The summed E-state index contributed by atoms with van der Waals surface area (Å²) in [6.45, 7) is 5.63. The second-order valence-electron chi connectivity index (χ2n) is 5.59. The van der Waals surface area contributed by atoms with Crippen LogP contribution in [0.1, 0.15) is 18.4 Å². The number of benzene rings is 1. The number of nitrogens with zero attached hydrogens (tertiary/aromatic N) is 2. The summed E-state index contributed by atoms with van der Waals surface area (Å²) in [4.78, 5) is 7.10. The lowest BCUT2D eigenvalue weighted by molar-refractivity contribution is 0.174. The summed E-state index contributed by atoms with van der Waals surface area (Å²) >= 11 is 1.80. The summed E-state index contributed by atoms with van der Waals surface area (Å²) in [5.74, 6) is 0.716. The van der Waals surface area contributed by atoms with Crippen molar-refractivity contribution in [3.63, 3.8) is 0 Å². The van der Waals surface area contributed by atoms with E-state index in [4.69, 9.17) is 0 Å². The number of thiazole rings is 1. The molecule has 1 aliphatic rings. The molecular weight excluding hydrogens is 254 g/mol. The minimum atomic E-state index is 0.628. The molecule has 1 aromatic heterocycles. The van der Waals surface area contributed by atoms with Gasteiger partial charge in [-0.2, -0.15) is 0 Å². The van der Waals surface area contributed by atoms with Crippen LogP contribution in [-0.4, -0.2) is 36.1 Å². The number of fused-ring (bicyclic) bond motifs is 1. The first-order valence-corrected chi connectivity index (χ1v) is 7.80. The van der Waals surface area contributed by atoms with E-state index in [0.29, 0.717) is 12.0 Å². The van der Waals surface area contributed by atoms with E-state index in [1.807, 2.05) is 0 Å². The second kappa shape index (κ2) is 5.57. The minimum Gasteiger partial charge on any atom is -0.307 e. The molecule has 0 spiro atoms. The fourth-order valence-electron chi connectivity index (χ4n) is 2.87. The summed E-state index contributed by atoms with van der Waals surface area (Å²) in [6.07, 6.45) is 1.24. The summed E-state index contributed by atoms with van der Waals surface area (Å²) in [6, 6.07) is 9.00. The van der Waals surface area contributed by atoms with E-state index >= 15 is 0 Å². The van der Waals surface area contributed by atoms with E-state index in [1.165, 1.54) is 29.2 Å². The van der Waals surface area contributed by atoms with E-state index in [0.717, 1.165) is 12.1 Å². The van der Waals surface area contributed by atoms with E-state index in [-0.39, 0.29) is 0 Å². The topological polar surface area (TPSA) is 28.2 Å². The molecule has 1 aromatic carbocycles. The van der Waals surface area contributed by atoms with Gasteiger partial charge >= 0.3 is 0 Å². The normalized spacial score (nSPS) is 24.9. The first-order chi connectivity index (χ1) is 9.22. The maximum atomic E-state index is 4.68. The Morgan fingerprint density at radius 3 is 3.05 bits per heavy atom. The van der Waals surface area contributed by atoms with Crippen LogP contribution in [0, 0.1) is 5.92 Å². The summed E-state index contributed by atoms with van der Waals surface area (Å²) < 4.78 is 1.29. The molecule has 1 N–H and O–H groups in total. The quantitative estimate of drug-likeness (QED) is 0.933. The molecule has 1 fully saturated rings. The minimum absolute atomic E-state index is 0.628. The number of rotatable bonds is 3. The molecule has 102 valence electrons. The van der Waals surface area contributed by atoms with Gasteiger partial charge in [0.15, 0.2) is 0 Å². The Balaban J connectivity index is 1.62. The van der Waals surface area contributed by atoms with Gasteiger partial charge in [0.05, 0.1) is 10.2 Å². The van der Waals surface area contributed by atoms with Crippen molar-refractivity contribution in [3.05, 3.63) is 29.3 Å². The van der Waals surface area contributed by atoms with Gasteiger partial charge in [0.1, 0.15) is 5.01 Å². The molecule has 2 atom stereocenters. The molecule has 19 heavy (non-hydrogen) atoms. The third-order valence-electron chi connectivity index (χ3n) is 3.96. The highest BCUT2D eigenvalue weighted by Crippen LogP contribution is 2.22. The third-order valence-corrected chi connectivity index (χ3v) is 5.00. The van der Waals surface area contributed by atoms with Crippen LogP contribution in [0.3, 0.4) is 0 Å². The van der Waals surface area contributed by atoms with Gasteiger partial charge in [0.25, 0.3) is 0 Å². The first kappa shape index (κ1) is 13.0. The number of hydrogen-bond donors (Lipinski definition) is 1. The number of para-hydroxylation sites is 1. The zero-order valence-corrected chi connectivity index (χ0v) is 12.4. The average molecular weight is 275 g/mol. The lowest BCUT2D eigenvalue weighted by Gasteiger charge is -2.35. The predicted molar refractivity (Wildman–Crippen MR) is 81.5 cm³/mol. The van der Waals surface area contributed by atoms with Gasteiger partial charge in [0, 0.05) is 19.1 Å². The molecule has 0 amide bonds. The van der Waals surface area contributed by atoms with Crippen LogP contribution >= 0.6 is 11.3 Å². The maximum absolute atomic E-state index is 4.68. The van der Waals surface area contributed by atoms with Gasteiger partial charge in [-0.25, -0.2) is 4.98 Å². The van der Waals surface area contributed by atoms with Crippen molar-refractivity contribution < 1.29 is 0 Å². The fraction of sp³-hybridized carbons (Fsp3) is 0.533. The van der Waals surface area contributed by atoms with Crippen molar-refractivity contribution >= 4 is 21.6 Å². The molecule has 0 radical (unpaired) electrons. The highest BCUT2D eigenvalue weighted by atomic mass is 32.1. The van der Waals surface area contributed by atoms with Crippen molar-refractivity contribution in [1.82, 2.24) is 15.2 Å². The molecule has 2 unspecified atom stereocenters. The summed E-state index contributed by atoms with van der Waals surface area (Å²) in [5.41, 5.74) is 1.13. The average Bonchev–Trinajstić information content (AvgIpc) is 2.80. The Labute approximate surface area is 118 Å². The standard InChI is InChI=1S/C15H21N3S/c1-11-10-18(2)8-7-12(11)16-9-15-17-13-5-3-4-6-14(13)19-15/h3-6,11-12,16H,7-10H2,1-2H3. The van der Waals surface area contributed by atoms with E-state index in [2.05, 4.69) is 53.4 Å². The van der Waals surface area contributed by atoms with Crippen LogP contribution in [0.15, 0.2) is 24.3 Å². The Kier molecular flexibility index (Phi) is 3.82. The first-order valence-electron chi connectivity index (χ1n) is 6.99. The molecular formula is C15H21N3S. The smallest absolute Gasteiger partial charge is 0.108 e. The number of aromatic nitrogens is 1.